The minimum Gasteiger partial charge on any atom is -0.126 e. The lowest BCUT2D eigenvalue weighted by atomic mass is 10.1. The Kier molecular flexibility index (Phi) is 4.59. The van der Waals surface area contributed by atoms with E-state index in [1.807, 2.05) is 25.1 Å². The van der Waals surface area contributed by atoms with Crippen LogP contribution in [-0.2, 0) is 0 Å². The van der Waals surface area contributed by atoms with E-state index < -0.39 is 0 Å². The predicted molar refractivity (Wildman–Crippen MR) is 84.0 cm³/mol. The van der Waals surface area contributed by atoms with Crippen LogP contribution >= 0.6 is 66.4 Å². The molecular formula is C12H8Br2Cl2S. The molecular weight excluding hydrogens is 407 g/mol. The molecule has 0 aliphatic carbocycles. The molecule has 0 saturated heterocycles. The van der Waals surface area contributed by atoms with E-state index in [1.54, 1.807) is 11.3 Å². The molecule has 0 nitrogen and oxygen atoms in total. The summed E-state index contributed by atoms with van der Waals surface area (Å²) in [6, 6.07) is 8.08. The van der Waals surface area contributed by atoms with Gasteiger partial charge in [0.2, 0.25) is 0 Å². The highest BCUT2D eigenvalue weighted by Crippen LogP contribution is 2.43. The maximum absolute atomic E-state index is 6.25. The molecule has 0 saturated carbocycles. The molecule has 1 aromatic carbocycles. The van der Waals surface area contributed by atoms with Gasteiger partial charge in [-0.1, -0.05) is 51.3 Å². The molecule has 90 valence electrons. The Morgan fingerprint density at radius 3 is 2.47 bits per heavy atom. The van der Waals surface area contributed by atoms with Gasteiger partial charge in [-0.05, 0) is 46.1 Å². The van der Waals surface area contributed by atoms with Gasteiger partial charge in [0.1, 0.15) is 4.34 Å². The summed E-state index contributed by atoms with van der Waals surface area (Å²) in [5.41, 5.74) is 2.21. The average molecular weight is 415 g/mol. The van der Waals surface area contributed by atoms with Crippen LogP contribution in [0.5, 0.6) is 0 Å². The summed E-state index contributed by atoms with van der Waals surface area (Å²) in [5.74, 6) is 0. The van der Waals surface area contributed by atoms with Gasteiger partial charge in [-0.15, -0.1) is 11.3 Å². The first-order valence-electron chi connectivity index (χ1n) is 4.84. The van der Waals surface area contributed by atoms with Crippen LogP contribution in [-0.4, -0.2) is 0 Å². The Hall–Kier alpha value is 0.460. The second kappa shape index (κ2) is 5.62. The molecule has 1 atom stereocenters. The van der Waals surface area contributed by atoms with Crippen molar-refractivity contribution in [2.75, 3.05) is 0 Å². The fraction of sp³-hybridized carbons (Fsp3) is 0.167. The predicted octanol–water partition coefficient (Wildman–Crippen LogP) is 6.61. The fourth-order valence-electron chi connectivity index (χ4n) is 1.48. The van der Waals surface area contributed by atoms with Gasteiger partial charge in [0, 0.05) is 14.4 Å². The fourth-order valence-corrected chi connectivity index (χ4v) is 4.50. The zero-order valence-corrected chi connectivity index (χ0v) is 14.3. The maximum atomic E-state index is 6.25. The normalized spacial score (nSPS) is 12.8. The van der Waals surface area contributed by atoms with Crippen molar-refractivity contribution in [3.05, 3.63) is 54.1 Å². The van der Waals surface area contributed by atoms with E-state index in [0.717, 1.165) is 29.8 Å². The van der Waals surface area contributed by atoms with Crippen LogP contribution in [0.3, 0.4) is 0 Å². The van der Waals surface area contributed by atoms with Crippen molar-refractivity contribution in [1.82, 2.24) is 0 Å². The molecule has 17 heavy (non-hydrogen) atoms. The minimum absolute atomic E-state index is 0.0735. The highest BCUT2D eigenvalue weighted by molar-refractivity contribution is 9.10. The quantitative estimate of drug-likeness (QED) is 0.485. The number of thiophene rings is 1. The van der Waals surface area contributed by atoms with Crippen molar-refractivity contribution in [3.8, 4) is 0 Å². The van der Waals surface area contributed by atoms with E-state index in [-0.39, 0.29) is 4.83 Å². The Balaban J connectivity index is 2.39. The lowest BCUT2D eigenvalue weighted by Gasteiger charge is -2.10. The third-order valence-corrected chi connectivity index (χ3v) is 6.50. The largest absolute Gasteiger partial charge is 0.126 e. The molecule has 0 fully saturated rings. The van der Waals surface area contributed by atoms with Gasteiger partial charge in [-0.25, -0.2) is 0 Å². The number of benzene rings is 1. The molecule has 0 amide bonds. The van der Waals surface area contributed by atoms with E-state index >= 15 is 0 Å². The number of halogens is 4. The third-order valence-electron chi connectivity index (χ3n) is 2.34. The molecule has 0 radical (unpaired) electrons. The van der Waals surface area contributed by atoms with E-state index in [0.29, 0.717) is 0 Å². The van der Waals surface area contributed by atoms with Gasteiger partial charge in [-0.2, -0.15) is 0 Å². The zero-order chi connectivity index (χ0) is 12.6. The molecule has 0 bridgehead atoms. The van der Waals surface area contributed by atoms with Gasteiger partial charge in [0.05, 0.1) is 4.83 Å². The van der Waals surface area contributed by atoms with Gasteiger partial charge in [-0.3, -0.25) is 0 Å². The molecule has 5 heteroatoms. The molecule has 0 aliphatic rings. The van der Waals surface area contributed by atoms with Gasteiger partial charge in [0.25, 0.3) is 0 Å². The van der Waals surface area contributed by atoms with E-state index in [9.17, 15) is 0 Å². The Bertz CT molecular complexity index is 532. The summed E-state index contributed by atoms with van der Waals surface area (Å²) < 4.78 is 1.68. The summed E-state index contributed by atoms with van der Waals surface area (Å²) in [6.07, 6.45) is 0. The lowest BCUT2D eigenvalue weighted by Crippen LogP contribution is -1.91. The zero-order valence-electron chi connectivity index (χ0n) is 8.81. The van der Waals surface area contributed by atoms with Crippen molar-refractivity contribution in [2.24, 2.45) is 0 Å². The molecule has 0 N–H and O–H groups in total. The van der Waals surface area contributed by atoms with Crippen LogP contribution in [0.2, 0.25) is 9.36 Å². The molecule has 2 rings (SSSR count). The van der Waals surface area contributed by atoms with Crippen LogP contribution < -0.4 is 0 Å². The second-order valence-corrected chi connectivity index (χ2v) is 7.52. The van der Waals surface area contributed by atoms with E-state index in [1.165, 1.54) is 0 Å². The standard InChI is InChI=1S/C12H8Br2Cl2S/c1-6-2-3-7(9(15)4-6)11(14)10-5-8(13)12(16)17-10/h2-5,11H,1H3. The van der Waals surface area contributed by atoms with Gasteiger partial charge in [0.15, 0.2) is 0 Å². The summed E-state index contributed by atoms with van der Waals surface area (Å²) >= 11 is 20.9. The topological polar surface area (TPSA) is 0 Å². The van der Waals surface area contributed by atoms with Crippen LogP contribution in [0.1, 0.15) is 20.8 Å². The molecule has 0 aliphatic heterocycles. The Morgan fingerprint density at radius 1 is 1.24 bits per heavy atom. The Labute approximate surface area is 131 Å². The Morgan fingerprint density at radius 2 is 1.94 bits per heavy atom. The number of rotatable bonds is 2. The minimum atomic E-state index is 0.0735. The van der Waals surface area contributed by atoms with Crippen molar-refractivity contribution < 1.29 is 0 Å². The van der Waals surface area contributed by atoms with Crippen LogP contribution in [0, 0.1) is 6.92 Å². The van der Waals surface area contributed by atoms with Crippen LogP contribution in [0.15, 0.2) is 28.7 Å². The molecule has 1 aromatic heterocycles. The SMILES string of the molecule is Cc1ccc(C(Br)c2cc(Br)c(Cl)s2)c(Cl)c1. The summed E-state index contributed by atoms with van der Waals surface area (Å²) in [4.78, 5) is 1.21. The smallest absolute Gasteiger partial charge is 0.107 e. The van der Waals surface area contributed by atoms with Gasteiger partial charge >= 0.3 is 0 Å². The third kappa shape index (κ3) is 3.07. The maximum Gasteiger partial charge on any atom is 0.107 e. The highest BCUT2D eigenvalue weighted by atomic mass is 79.9. The molecule has 0 spiro atoms. The van der Waals surface area contributed by atoms with E-state index in [4.69, 9.17) is 23.2 Å². The first kappa shape index (κ1) is 13.9. The molecule has 1 heterocycles. The summed E-state index contributed by atoms with van der Waals surface area (Å²) in [6.45, 7) is 2.03. The number of alkyl halides is 1. The summed E-state index contributed by atoms with van der Waals surface area (Å²) in [5, 5.41) is 0.771. The van der Waals surface area contributed by atoms with Crippen LogP contribution in [0.25, 0.3) is 0 Å². The molecule has 2 aromatic rings. The van der Waals surface area contributed by atoms with Crippen molar-refractivity contribution in [1.29, 1.82) is 0 Å². The second-order valence-electron chi connectivity index (χ2n) is 3.66. The number of hydrogen-bond donors (Lipinski definition) is 0. The summed E-state index contributed by atoms with van der Waals surface area (Å²) in [7, 11) is 0. The van der Waals surface area contributed by atoms with Crippen molar-refractivity contribution >= 4 is 66.4 Å². The first-order valence-corrected chi connectivity index (χ1v) is 8.12. The monoisotopic (exact) mass is 412 g/mol. The molecule has 1 unspecified atom stereocenters. The van der Waals surface area contributed by atoms with Gasteiger partial charge < -0.3 is 0 Å². The number of hydrogen-bond acceptors (Lipinski definition) is 1. The van der Waals surface area contributed by atoms with E-state index in [2.05, 4.69) is 37.9 Å². The lowest BCUT2D eigenvalue weighted by molar-refractivity contribution is 1.21. The van der Waals surface area contributed by atoms with Crippen LogP contribution in [0.4, 0.5) is 0 Å². The first-order chi connectivity index (χ1) is 7.99. The van der Waals surface area contributed by atoms with Crippen molar-refractivity contribution in [3.63, 3.8) is 0 Å². The highest BCUT2D eigenvalue weighted by Gasteiger charge is 2.17. The number of aryl methyl sites for hydroxylation is 1. The van der Waals surface area contributed by atoms with Crippen molar-refractivity contribution in [2.45, 2.75) is 11.8 Å². The average Bonchev–Trinajstić information content (AvgIpc) is 2.58.